The summed E-state index contributed by atoms with van der Waals surface area (Å²) in [5, 5.41) is 15.2. The van der Waals surface area contributed by atoms with Crippen molar-refractivity contribution in [2.75, 3.05) is 13.1 Å². The van der Waals surface area contributed by atoms with Crippen LogP contribution in [-0.2, 0) is 4.79 Å². The summed E-state index contributed by atoms with van der Waals surface area (Å²) in [7, 11) is 0. The van der Waals surface area contributed by atoms with Crippen LogP contribution >= 0.6 is 0 Å². The summed E-state index contributed by atoms with van der Waals surface area (Å²) in [5.41, 5.74) is 0. The van der Waals surface area contributed by atoms with Crippen LogP contribution in [0.2, 0.25) is 0 Å². The molecule has 3 N–H and O–H groups in total. The fraction of sp³-hybridized carbons (Fsp3) is 0.909. The van der Waals surface area contributed by atoms with Crippen molar-refractivity contribution in [1.82, 2.24) is 10.6 Å². The highest BCUT2D eigenvalue weighted by molar-refractivity contribution is 5.81. The van der Waals surface area contributed by atoms with Crippen LogP contribution in [0.3, 0.4) is 0 Å². The topological polar surface area (TPSA) is 61.4 Å². The van der Waals surface area contributed by atoms with Crippen molar-refractivity contribution >= 4 is 5.91 Å². The summed E-state index contributed by atoms with van der Waals surface area (Å²) < 4.78 is 0. The largest absolute Gasteiger partial charge is 0.393 e. The number of hydrogen-bond acceptors (Lipinski definition) is 3. The highest BCUT2D eigenvalue weighted by atomic mass is 16.3. The minimum absolute atomic E-state index is 0.0264. The van der Waals surface area contributed by atoms with Crippen molar-refractivity contribution in [2.45, 2.75) is 51.2 Å². The Hall–Kier alpha value is -0.610. The van der Waals surface area contributed by atoms with Gasteiger partial charge in [0.2, 0.25) is 5.91 Å². The predicted octanol–water partition coefficient (Wildman–Crippen LogP) is 0.406. The van der Waals surface area contributed by atoms with Crippen LogP contribution in [0.5, 0.6) is 0 Å². The molecule has 0 aromatic heterocycles. The number of nitrogens with one attached hydrogen (secondary N) is 2. The van der Waals surface area contributed by atoms with Gasteiger partial charge in [-0.3, -0.25) is 4.79 Å². The number of aliphatic hydroxyl groups is 1. The molecule has 1 aliphatic rings. The smallest absolute Gasteiger partial charge is 0.237 e. The molecule has 15 heavy (non-hydrogen) atoms. The third kappa shape index (κ3) is 5.14. The number of hydrogen-bond donors (Lipinski definition) is 3. The van der Waals surface area contributed by atoms with Crippen LogP contribution in [0.4, 0.5) is 0 Å². The van der Waals surface area contributed by atoms with Crippen LogP contribution in [0.25, 0.3) is 0 Å². The van der Waals surface area contributed by atoms with Crippen molar-refractivity contribution in [3.63, 3.8) is 0 Å². The van der Waals surface area contributed by atoms with Crippen LogP contribution in [-0.4, -0.2) is 36.2 Å². The maximum atomic E-state index is 11.5. The summed E-state index contributed by atoms with van der Waals surface area (Å²) in [5.74, 6) is 0.129. The first-order valence-electron chi connectivity index (χ1n) is 5.89. The van der Waals surface area contributed by atoms with E-state index in [0.717, 1.165) is 45.2 Å². The molecule has 1 heterocycles. The van der Waals surface area contributed by atoms with E-state index in [1.54, 1.807) is 6.92 Å². The minimum Gasteiger partial charge on any atom is -0.393 e. The summed E-state index contributed by atoms with van der Waals surface area (Å²) in [4.78, 5) is 11.5. The van der Waals surface area contributed by atoms with Crippen molar-refractivity contribution < 1.29 is 9.90 Å². The Balaban J connectivity index is 2.15. The lowest BCUT2D eigenvalue weighted by Gasteiger charge is -2.15. The average molecular weight is 214 g/mol. The van der Waals surface area contributed by atoms with Gasteiger partial charge in [-0.05, 0) is 45.6 Å². The minimum atomic E-state index is -0.241. The molecule has 2 unspecified atom stereocenters. The zero-order valence-electron chi connectivity index (χ0n) is 9.46. The molecule has 0 spiro atoms. The van der Waals surface area contributed by atoms with E-state index in [-0.39, 0.29) is 18.1 Å². The van der Waals surface area contributed by atoms with E-state index in [1.165, 1.54) is 0 Å². The lowest BCUT2D eigenvalue weighted by atomic mass is 10.1. The molecule has 4 heteroatoms. The van der Waals surface area contributed by atoms with E-state index in [1.807, 2.05) is 0 Å². The molecule has 2 atom stereocenters. The Morgan fingerprint density at radius 1 is 1.60 bits per heavy atom. The molecule has 0 saturated carbocycles. The fourth-order valence-corrected chi connectivity index (χ4v) is 1.81. The van der Waals surface area contributed by atoms with Gasteiger partial charge in [0.15, 0.2) is 0 Å². The molecule has 1 rings (SSSR count). The zero-order valence-corrected chi connectivity index (χ0v) is 9.46. The summed E-state index contributed by atoms with van der Waals surface area (Å²) in [6.45, 7) is 3.41. The average Bonchev–Trinajstić information content (AvgIpc) is 2.38. The van der Waals surface area contributed by atoms with Gasteiger partial charge in [0.25, 0.3) is 0 Å². The highest BCUT2D eigenvalue weighted by Gasteiger charge is 2.19. The van der Waals surface area contributed by atoms with Crippen molar-refractivity contribution in [3.8, 4) is 0 Å². The molecule has 4 nitrogen and oxygen atoms in total. The van der Waals surface area contributed by atoms with Crippen molar-refractivity contribution in [2.24, 2.45) is 0 Å². The number of carbonyl (C=O) groups excluding carboxylic acids is 1. The van der Waals surface area contributed by atoms with Gasteiger partial charge in [0, 0.05) is 6.54 Å². The summed E-state index contributed by atoms with van der Waals surface area (Å²) in [6.07, 6.45) is 4.59. The van der Waals surface area contributed by atoms with Crippen LogP contribution in [0.1, 0.15) is 39.0 Å². The van der Waals surface area contributed by atoms with Gasteiger partial charge < -0.3 is 15.7 Å². The number of rotatable bonds is 5. The zero-order chi connectivity index (χ0) is 11.1. The molecule has 0 bridgehead atoms. The van der Waals surface area contributed by atoms with Gasteiger partial charge in [0.1, 0.15) is 0 Å². The molecule has 0 aromatic carbocycles. The summed E-state index contributed by atoms with van der Waals surface area (Å²) in [6, 6.07) is -0.0264. The normalized spacial score (nSPS) is 24.4. The number of amides is 1. The first-order valence-corrected chi connectivity index (χ1v) is 5.89. The van der Waals surface area contributed by atoms with Crippen LogP contribution < -0.4 is 10.6 Å². The molecule has 1 amide bonds. The van der Waals surface area contributed by atoms with Crippen molar-refractivity contribution in [1.29, 1.82) is 0 Å². The lowest BCUT2D eigenvalue weighted by Crippen LogP contribution is -2.43. The second-order valence-electron chi connectivity index (χ2n) is 4.28. The lowest BCUT2D eigenvalue weighted by molar-refractivity contribution is -0.122. The molecule has 0 aromatic rings. The van der Waals surface area contributed by atoms with Gasteiger partial charge in [-0.15, -0.1) is 0 Å². The van der Waals surface area contributed by atoms with E-state index in [2.05, 4.69) is 10.6 Å². The van der Waals surface area contributed by atoms with E-state index < -0.39 is 0 Å². The second-order valence-corrected chi connectivity index (χ2v) is 4.28. The molecule has 88 valence electrons. The van der Waals surface area contributed by atoms with Gasteiger partial charge in [-0.2, -0.15) is 0 Å². The number of carbonyl (C=O) groups is 1. The third-order valence-electron chi connectivity index (χ3n) is 2.72. The quantitative estimate of drug-likeness (QED) is 0.581. The standard InChI is InChI=1S/C11H22N2O2/c1-9(14)5-4-8-12-10-6-2-3-7-13-11(10)15/h9-10,12,14H,2-8H2,1H3,(H,13,15). The molecule has 0 aliphatic carbocycles. The molecule has 0 radical (unpaired) electrons. The van der Waals surface area contributed by atoms with Crippen molar-refractivity contribution in [3.05, 3.63) is 0 Å². The van der Waals surface area contributed by atoms with Gasteiger partial charge >= 0.3 is 0 Å². The maximum Gasteiger partial charge on any atom is 0.237 e. The van der Waals surface area contributed by atoms with Gasteiger partial charge in [-0.25, -0.2) is 0 Å². The molecule has 1 aliphatic heterocycles. The SMILES string of the molecule is CC(O)CCCNC1CCCCNC1=O. The molecular formula is C11H22N2O2. The van der Waals surface area contributed by atoms with Gasteiger partial charge in [-0.1, -0.05) is 0 Å². The van der Waals surface area contributed by atoms with E-state index in [0.29, 0.717) is 0 Å². The Kier molecular flexibility index (Phi) is 5.65. The second kappa shape index (κ2) is 6.80. The number of aliphatic hydroxyl groups excluding tert-OH is 1. The third-order valence-corrected chi connectivity index (χ3v) is 2.72. The molecular weight excluding hydrogens is 192 g/mol. The first kappa shape index (κ1) is 12.5. The van der Waals surface area contributed by atoms with E-state index in [4.69, 9.17) is 5.11 Å². The van der Waals surface area contributed by atoms with Gasteiger partial charge in [0.05, 0.1) is 12.1 Å². The van der Waals surface area contributed by atoms with E-state index in [9.17, 15) is 4.79 Å². The van der Waals surface area contributed by atoms with Crippen LogP contribution in [0, 0.1) is 0 Å². The Morgan fingerprint density at radius 3 is 3.13 bits per heavy atom. The Labute approximate surface area is 91.4 Å². The monoisotopic (exact) mass is 214 g/mol. The molecule has 1 fully saturated rings. The summed E-state index contributed by atoms with van der Waals surface area (Å²) >= 11 is 0. The Bertz CT molecular complexity index is 195. The van der Waals surface area contributed by atoms with E-state index >= 15 is 0 Å². The fourth-order valence-electron chi connectivity index (χ4n) is 1.81. The highest BCUT2D eigenvalue weighted by Crippen LogP contribution is 2.05. The predicted molar refractivity (Wildman–Crippen MR) is 59.6 cm³/mol. The molecule has 1 saturated heterocycles. The maximum absolute atomic E-state index is 11.5. The van der Waals surface area contributed by atoms with Crippen LogP contribution in [0.15, 0.2) is 0 Å². The first-order chi connectivity index (χ1) is 7.20. The Morgan fingerprint density at radius 2 is 2.40 bits per heavy atom.